The molecule has 1 N–H and O–H groups in total. The van der Waals surface area contributed by atoms with Gasteiger partial charge in [-0.1, -0.05) is 35.1 Å². The van der Waals surface area contributed by atoms with Gasteiger partial charge in [0, 0.05) is 32.1 Å². The number of nitrogens with zero attached hydrogens (tertiary/aromatic N) is 3. The summed E-state index contributed by atoms with van der Waals surface area (Å²) < 4.78 is 28.0. The van der Waals surface area contributed by atoms with Gasteiger partial charge in [-0.25, -0.2) is 8.42 Å². The lowest BCUT2D eigenvalue weighted by molar-refractivity contribution is -0.120. The summed E-state index contributed by atoms with van der Waals surface area (Å²) in [5.41, 5.74) is 0.721. The molecule has 35 heavy (non-hydrogen) atoms. The Hall–Kier alpha value is -2.20. The minimum atomic E-state index is -3.63. The number of halogens is 1. The highest BCUT2D eigenvalue weighted by Crippen LogP contribution is 2.34. The highest BCUT2D eigenvalue weighted by molar-refractivity contribution is 7.91. The van der Waals surface area contributed by atoms with Gasteiger partial charge >= 0.3 is 0 Å². The summed E-state index contributed by atoms with van der Waals surface area (Å²) in [6.07, 6.45) is 1.72. The van der Waals surface area contributed by atoms with E-state index in [0.29, 0.717) is 18.0 Å². The summed E-state index contributed by atoms with van der Waals surface area (Å²) in [6, 6.07) is 9.83. The molecule has 0 radical (unpaired) electrons. The molecule has 2 aromatic carbocycles. The summed E-state index contributed by atoms with van der Waals surface area (Å²) >= 11 is 7.48. The van der Waals surface area contributed by atoms with Gasteiger partial charge in [-0.05, 0) is 61.2 Å². The lowest BCUT2D eigenvalue weighted by Crippen LogP contribution is -2.45. The number of hydrogen-bond donors (Lipinski definition) is 1. The van der Waals surface area contributed by atoms with E-state index in [1.165, 1.54) is 11.3 Å². The maximum absolute atomic E-state index is 13.3. The zero-order valence-electron chi connectivity index (χ0n) is 20.1. The summed E-state index contributed by atoms with van der Waals surface area (Å²) in [4.78, 5) is 20.6. The van der Waals surface area contributed by atoms with Crippen LogP contribution in [-0.2, 0) is 21.7 Å². The number of piperidine rings is 1. The van der Waals surface area contributed by atoms with Gasteiger partial charge in [-0.2, -0.15) is 0 Å². The average molecular weight is 536 g/mol. The predicted octanol–water partition coefficient (Wildman–Crippen LogP) is 4.27. The second kappa shape index (κ2) is 10.4. The monoisotopic (exact) mass is 535 g/mol. The number of sulfone groups is 1. The second-order valence-electron chi connectivity index (χ2n) is 8.93. The first-order chi connectivity index (χ1) is 16.6. The third-order valence-corrected chi connectivity index (χ3v) is 9.75. The van der Waals surface area contributed by atoms with Crippen molar-refractivity contribution in [2.45, 2.75) is 49.6 Å². The average Bonchev–Trinajstić information content (AvgIpc) is 3.18. The van der Waals surface area contributed by atoms with Crippen molar-refractivity contribution in [3.05, 3.63) is 51.9 Å². The number of rotatable bonds is 7. The highest BCUT2D eigenvalue weighted by atomic mass is 35.5. The first kappa shape index (κ1) is 25.9. The van der Waals surface area contributed by atoms with Gasteiger partial charge < -0.3 is 14.6 Å². The number of aliphatic hydroxyl groups is 1. The minimum absolute atomic E-state index is 0.0608. The summed E-state index contributed by atoms with van der Waals surface area (Å²) in [5, 5.41) is 13.5. The molecule has 4 rings (SSSR count). The van der Waals surface area contributed by atoms with Crippen LogP contribution in [0.4, 0.5) is 5.00 Å². The zero-order valence-corrected chi connectivity index (χ0v) is 22.5. The molecular weight excluding hydrogens is 506 g/mol. The van der Waals surface area contributed by atoms with Crippen molar-refractivity contribution >= 4 is 54.3 Å². The number of carbonyl (C=O) groups is 1. The number of benzene rings is 2. The lowest BCUT2D eigenvalue weighted by Gasteiger charge is -2.36. The van der Waals surface area contributed by atoms with Crippen LogP contribution in [0.25, 0.3) is 10.8 Å². The number of hydrogen-bond acceptors (Lipinski definition) is 7. The lowest BCUT2D eigenvalue weighted by atomic mass is 9.97. The number of aliphatic hydroxyl groups excluding tert-OH is 1. The summed E-state index contributed by atoms with van der Waals surface area (Å²) in [5.74, 6) is -0.338. The van der Waals surface area contributed by atoms with Crippen LogP contribution in [0.3, 0.4) is 0 Å². The van der Waals surface area contributed by atoms with E-state index in [1.807, 2.05) is 16.5 Å². The Morgan fingerprint density at radius 2 is 1.94 bits per heavy atom. The third kappa shape index (κ3) is 5.33. The summed E-state index contributed by atoms with van der Waals surface area (Å²) in [6.45, 7) is 2.38. The highest BCUT2D eigenvalue weighted by Gasteiger charge is 2.33. The van der Waals surface area contributed by atoms with Crippen LogP contribution in [0.15, 0.2) is 46.3 Å². The largest absolute Gasteiger partial charge is 0.387 e. The number of ketones is 1. The predicted molar refractivity (Wildman–Crippen MR) is 141 cm³/mol. The Balaban J connectivity index is 1.55. The van der Waals surface area contributed by atoms with Gasteiger partial charge in [-0.3, -0.25) is 9.79 Å². The number of fused-ring (bicyclic) bond motifs is 1. The van der Waals surface area contributed by atoms with E-state index in [-0.39, 0.29) is 22.9 Å². The van der Waals surface area contributed by atoms with Crippen LogP contribution in [-0.4, -0.2) is 49.3 Å². The standard InChI is InChI=1S/C25H30ClN3O4S2/c1-16(30)23-24(34-25(27-2)28(23)3)29-12-5-4-6-21(29)22(31)11-13-35(32,33)20-10-8-17-14-19(26)9-7-18(17)15-20/h7-10,14-16,21,30H,4-6,11-13H2,1-3H3. The molecule has 0 bridgehead atoms. The number of carbonyl (C=O) groups excluding carboxylic acids is 1. The molecule has 1 fully saturated rings. The fourth-order valence-corrected chi connectivity index (χ4v) is 7.45. The zero-order chi connectivity index (χ0) is 25.3. The fraction of sp³-hybridized carbons (Fsp3) is 0.440. The normalized spacial score (nSPS) is 18.3. The van der Waals surface area contributed by atoms with Crippen molar-refractivity contribution < 1.29 is 18.3 Å². The van der Waals surface area contributed by atoms with Crippen molar-refractivity contribution in [2.75, 3.05) is 24.2 Å². The molecule has 2 unspecified atom stereocenters. The third-order valence-electron chi connectivity index (χ3n) is 6.53. The van der Waals surface area contributed by atoms with Crippen molar-refractivity contribution in [3.63, 3.8) is 0 Å². The van der Waals surface area contributed by atoms with Crippen LogP contribution < -0.4 is 9.70 Å². The van der Waals surface area contributed by atoms with Crippen molar-refractivity contribution in [3.8, 4) is 0 Å². The molecule has 188 valence electrons. The number of Topliss-reactive ketones (excluding diaryl/α,β-unsaturated/α-hetero) is 1. The smallest absolute Gasteiger partial charge is 0.186 e. The molecule has 1 saturated heterocycles. The quantitative estimate of drug-likeness (QED) is 0.488. The molecule has 3 aromatic rings. The van der Waals surface area contributed by atoms with Crippen LogP contribution in [0, 0.1) is 0 Å². The Bertz CT molecular complexity index is 1430. The number of aromatic nitrogens is 1. The van der Waals surface area contributed by atoms with Crippen LogP contribution in [0.1, 0.15) is 44.4 Å². The van der Waals surface area contributed by atoms with Gasteiger partial charge in [0.25, 0.3) is 0 Å². The van der Waals surface area contributed by atoms with Crippen molar-refractivity contribution in [1.82, 2.24) is 4.57 Å². The van der Waals surface area contributed by atoms with E-state index in [2.05, 4.69) is 4.99 Å². The Kier molecular flexibility index (Phi) is 7.71. The molecule has 10 heteroatoms. The molecule has 2 heterocycles. The van der Waals surface area contributed by atoms with Crippen LogP contribution in [0.2, 0.25) is 5.02 Å². The summed E-state index contributed by atoms with van der Waals surface area (Å²) in [7, 11) is -0.0774. The minimum Gasteiger partial charge on any atom is -0.387 e. The first-order valence-electron chi connectivity index (χ1n) is 11.6. The van der Waals surface area contributed by atoms with E-state index in [9.17, 15) is 18.3 Å². The fourth-order valence-electron chi connectivity index (χ4n) is 4.73. The van der Waals surface area contributed by atoms with Crippen molar-refractivity contribution in [2.24, 2.45) is 12.0 Å². The maximum Gasteiger partial charge on any atom is 0.186 e. The molecule has 2 atom stereocenters. The molecule has 1 aliphatic rings. The number of anilines is 1. The molecule has 1 aliphatic heterocycles. The van der Waals surface area contributed by atoms with Gasteiger partial charge in [0.1, 0.15) is 5.00 Å². The maximum atomic E-state index is 13.3. The van der Waals surface area contributed by atoms with Crippen molar-refractivity contribution in [1.29, 1.82) is 0 Å². The molecular formula is C25H30ClN3O4S2. The SMILES string of the molecule is CN=c1sc(N2CCCCC2C(=O)CCS(=O)(=O)c2ccc3cc(Cl)ccc3c2)c(C(C)O)n1C. The number of thiazole rings is 1. The first-order valence-corrected chi connectivity index (χ1v) is 14.5. The topological polar surface area (TPSA) is 92.0 Å². The van der Waals surface area contributed by atoms with Gasteiger partial charge in [0.2, 0.25) is 0 Å². The molecule has 0 saturated carbocycles. The van der Waals surface area contributed by atoms with Gasteiger partial charge in [0.05, 0.1) is 28.5 Å². The van der Waals surface area contributed by atoms with Crippen LogP contribution >= 0.6 is 22.9 Å². The van der Waals surface area contributed by atoms with E-state index in [1.54, 1.807) is 50.4 Å². The van der Waals surface area contributed by atoms with E-state index < -0.39 is 22.0 Å². The van der Waals surface area contributed by atoms with Crippen LogP contribution in [0.5, 0.6) is 0 Å². The molecule has 0 amide bonds. The Morgan fingerprint density at radius 3 is 2.66 bits per heavy atom. The van der Waals surface area contributed by atoms with Gasteiger partial charge in [-0.15, -0.1) is 0 Å². The molecule has 7 nitrogen and oxygen atoms in total. The Morgan fingerprint density at radius 1 is 1.23 bits per heavy atom. The molecule has 0 aliphatic carbocycles. The second-order valence-corrected chi connectivity index (χ2v) is 12.4. The Labute approximate surface area is 214 Å². The van der Waals surface area contributed by atoms with E-state index >= 15 is 0 Å². The molecule has 0 spiro atoms. The van der Waals surface area contributed by atoms with Gasteiger partial charge in [0.15, 0.2) is 20.4 Å². The molecule has 1 aromatic heterocycles. The van der Waals surface area contributed by atoms with E-state index in [4.69, 9.17) is 11.6 Å². The van der Waals surface area contributed by atoms with E-state index in [0.717, 1.165) is 39.1 Å².